The Kier molecular flexibility index (Phi) is 4.41. The maximum atomic E-state index is 12.4. The number of rotatable bonds is 4. The highest BCUT2D eigenvalue weighted by Crippen LogP contribution is 2.18. The van der Waals surface area contributed by atoms with Crippen LogP contribution in [-0.4, -0.2) is 11.9 Å². The van der Waals surface area contributed by atoms with Crippen molar-refractivity contribution in [3.63, 3.8) is 0 Å². The van der Waals surface area contributed by atoms with E-state index < -0.39 is 0 Å². The van der Waals surface area contributed by atoms with Crippen molar-refractivity contribution in [1.82, 2.24) is 0 Å². The second-order valence-electron chi connectivity index (χ2n) is 5.16. The van der Waals surface area contributed by atoms with Crippen molar-refractivity contribution in [1.29, 1.82) is 0 Å². The Morgan fingerprint density at radius 2 is 1.65 bits per heavy atom. The standard InChI is InChI=1S/C17H20N2O/c1-12(2)18-16-7-5-4-6-15(16)17(20)19-14-10-8-13(3)9-11-14/h4-12,18H,1-3H3,(H,19,20). The van der Waals surface area contributed by atoms with E-state index >= 15 is 0 Å². The fourth-order valence-electron chi connectivity index (χ4n) is 1.95. The number of hydrogen-bond acceptors (Lipinski definition) is 2. The summed E-state index contributed by atoms with van der Waals surface area (Å²) in [5, 5.41) is 6.21. The van der Waals surface area contributed by atoms with Crippen LogP contribution in [0.15, 0.2) is 48.5 Å². The molecular weight excluding hydrogens is 248 g/mol. The van der Waals surface area contributed by atoms with Crippen LogP contribution in [0, 0.1) is 6.92 Å². The third kappa shape index (κ3) is 3.60. The number of nitrogens with one attached hydrogen (secondary N) is 2. The Balaban J connectivity index is 2.18. The Hall–Kier alpha value is -2.29. The lowest BCUT2D eigenvalue weighted by Crippen LogP contribution is -2.17. The molecule has 0 unspecified atom stereocenters. The van der Waals surface area contributed by atoms with Gasteiger partial charge in [-0.1, -0.05) is 29.8 Å². The van der Waals surface area contributed by atoms with Gasteiger partial charge in [-0.05, 0) is 45.0 Å². The minimum atomic E-state index is -0.0994. The van der Waals surface area contributed by atoms with E-state index in [4.69, 9.17) is 0 Å². The van der Waals surface area contributed by atoms with Crippen LogP contribution in [0.1, 0.15) is 29.8 Å². The van der Waals surface area contributed by atoms with Crippen molar-refractivity contribution in [3.8, 4) is 0 Å². The highest BCUT2D eigenvalue weighted by molar-refractivity contribution is 6.08. The molecule has 2 rings (SSSR count). The van der Waals surface area contributed by atoms with Gasteiger partial charge in [0.05, 0.1) is 5.56 Å². The molecule has 3 heteroatoms. The number of para-hydroxylation sites is 1. The fourth-order valence-corrected chi connectivity index (χ4v) is 1.95. The van der Waals surface area contributed by atoms with E-state index in [9.17, 15) is 4.79 Å². The second kappa shape index (κ2) is 6.24. The molecule has 0 spiro atoms. The first-order valence-electron chi connectivity index (χ1n) is 6.80. The topological polar surface area (TPSA) is 41.1 Å². The molecule has 0 heterocycles. The molecule has 0 aromatic heterocycles. The summed E-state index contributed by atoms with van der Waals surface area (Å²) in [5.74, 6) is -0.0994. The molecule has 0 saturated carbocycles. The zero-order chi connectivity index (χ0) is 14.5. The van der Waals surface area contributed by atoms with Crippen LogP contribution in [0.25, 0.3) is 0 Å². The average molecular weight is 268 g/mol. The fraction of sp³-hybridized carbons (Fsp3) is 0.235. The SMILES string of the molecule is Cc1ccc(NC(=O)c2ccccc2NC(C)C)cc1. The largest absolute Gasteiger partial charge is 0.382 e. The van der Waals surface area contributed by atoms with E-state index in [2.05, 4.69) is 24.5 Å². The number of carbonyl (C=O) groups excluding carboxylic acids is 1. The van der Waals surface area contributed by atoms with Crippen molar-refractivity contribution in [2.45, 2.75) is 26.8 Å². The van der Waals surface area contributed by atoms with Gasteiger partial charge in [0.2, 0.25) is 0 Å². The molecule has 1 amide bonds. The lowest BCUT2D eigenvalue weighted by atomic mass is 10.1. The number of amides is 1. The van der Waals surface area contributed by atoms with Gasteiger partial charge in [-0.3, -0.25) is 4.79 Å². The van der Waals surface area contributed by atoms with Gasteiger partial charge in [-0.25, -0.2) is 0 Å². The smallest absolute Gasteiger partial charge is 0.257 e. The number of carbonyl (C=O) groups is 1. The lowest BCUT2D eigenvalue weighted by Gasteiger charge is -2.14. The van der Waals surface area contributed by atoms with Crippen molar-refractivity contribution < 1.29 is 4.79 Å². The summed E-state index contributed by atoms with van der Waals surface area (Å²) >= 11 is 0. The third-order valence-electron chi connectivity index (χ3n) is 2.93. The zero-order valence-corrected chi connectivity index (χ0v) is 12.1. The van der Waals surface area contributed by atoms with Crippen LogP contribution in [0.3, 0.4) is 0 Å². The molecule has 0 aliphatic rings. The molecule has 2 N–H and O–H groups in total. The van der Waals surface area contributed by atoms with Crippen LogP contribution in [0.2, 0.25) is 0 Å². The molecule has 2 aromatic rings. The highest BCUT2D eigenvalue weighted by atomic mass is 16.1. The van der Waals surface area contributed by atoms with E-state index in [0.29, 0.717) is 5.56 Å². The third-order valence-corrected chi connectivity index (χ3v) is 2.93. The Labute approximate surface area is 120 Å². The zero-order valence-electron chi connectivity index (χ0n) is 12.1. The first-order valence-corrected chi connectivity index (χ1v) is 6.80. The minimum absolute atomic E-state index is 0.0994. The molecule has 0 aliphatic heterocycles. The second-order valence-corrected chi connectivity index (χ2v) is 5.16. The monoisotopic (exact) mass is 268 g/mol. The van der Waals surface area contributed by atoms with Crippen LogP contribution in [0.4, 0.5) is 11.4 Å². The number of aryl methyl sites for hydroxylation is 1. The highest BCUT2D eigenvalue weighted by Gasteiger charge is 2.11. The van der Waals surface area contributed by atoms with Gasteiger partial charge in [0.25, 0.3) is 5.91 Å². The van der Waals surface area contributed by atoms with Gasteiger partial charge in [-0.15, -0.1) is 0 Å². The molecule has 20 heavy (non-hydrogen) atoms. The van der Waals surface area contributed by atoms with Crippen molar-refractivity contribution in [2.75, 3.05) is 10.6 Å². The summed E-state index contributed by atoms with van der Waals surface area (Å²) in [6, 6.07) is 15.6. The molecule has 2 aromatic carbocycles. The van der Waals surface area contributed by atoms with E-state index in [-0.39, 0.29) is 11.9 Å². The maximum absolute atomic E-state index is 12.4. The maximum Gasteiger partial charge on any atom is 0.257 e. The van der Waals surface area contributed by atoms with Crippen LogP contribution in [-0.2, 0) is 0 Å². The van der Waals surface area contributed by atoms with Crippen molar-refractivity contribution in [3.05, 3.63) is 59.7 Å². The summed E-state index contributed by atoms with van der Waals surface area (Å²) in [5.41, 5.74) is 3.48. The molecule has 0 fully saturated rings. The van der Waals surface area contributed by atoms with E-state index in [0.717, 1.165) is 11.4 Å². The predicted octanol–water partition coefficient (Wildman–Crippen LogP) is 4.07. The number of hydrogen-bond donors (Lipinski definition) is 2. The minimum Gasteiger partial charge on any atom is -0.382 e. The van der Waals surface area contributed by atoms with E-state index in [1.807, 2.05) is 55.5 Å². The molecule has 3 nitrogen and oxygen atoms in total. The van der Waals surface area contributed by atoms with E-state index in [1.54, 1.807) is 0 Å². The molecule has 0 aliphatic carbocycles. The van der Waals surface area contributed by atoms with Crippen LogP contribution in [0.5, 0.6) is 0 Å². The normalized spacial score (nSPS) is 10.4. The average Bonchev–Trinajstić information content (AvgIpc) is 2.41. The quantitative estimate of drug-likeness (QED) is 0.877. The predicted molar refractivity (Wildman–Crippen MR) is 84.3 cm³/mol. The van der Waals surface area contributed by atoms with Crippen molar-refractivity contribution >= 4 is 17.3 Å². The summed E-state index contributed by atoms with van der Waals surface area (Å²) in [6.07, 6.45) is 0. The first kappa shape index (κ1) is 14.1. The van der Waals surface area contributed by atoms with Crippen LogP contribution < -0.4 is 10.6 Å². The summed E-state index contributed by atoms with van der Waals surface area (Å²) < 4.78 is 0. The van der Waals surface area contributed by atoms with Gasteiger partial charge < -0.3 is 10.6 Å². The Bertz CT molecular complexity index is 588. The number of anilines is 2. The lowest BCUT2D eigenvalue weighted by molar-refractivity contribution is 0.102. The summed E-state index contributed by atoms with van der Waals surface area (Å²) in [4.78, 5) is 12.4. The molecular formula is C17H20N2O. The summed E-state index contributed by atoms with van der Waals surface area (Å²) in [7, 11) is 0. The molecule has 0 saturated heterocycles. The van der Waals surface area contributed by atoms with Gasteiger partial charge in [0, 0.05) is 17.4 Å². The number of benzene rings is 2. The van der Waals surface area contributed by atoms with Crippen molar-refractivity contribution in [2.24, 2.45) is 0 Å². The molecule has 104 valence electrons. The molecule has 0 atom stereocenters. The van der Waals surface area contributed by atoms with Gasteiger partial charge in [-0.2, -0.15) is 0 Å². The van der Waals surface area contributed by atoms with Crippen LogP contribution >= 0.6 is 0 Å². The van der Waals surface area contributed by atoms with Gasteiger partial charge in [0.15, 0.2) is 0 Å². The summed E-state index contributed by atoms with van der Waals surface area (Å²) in [6.45, 7) is 6.12. The Morgan fingerprint density at radius 1 is 1.00 bits per heavy atom. The van der Waals surface area contributed by atoms with Gasteiger partial charge in [0.1, 0.15) is 0 Å². The first-order chi connectivity index (χ1) is 9.56. The molecule has 0 radical (unpaired) electrons. The van der Waals surface area contributed by atoms with E-state index in [1.165, 1.54) is 5.56 Å². The molecule has 0 bridgehead atoms. The van der Waals surface area contributed by atoms with Gasteiger partial charge >= 0.3 is 0 Å². The Morgan fingerprint density at radius 3 is 2.30 bits per heavy atom.